The van der Waals surface area contributed by atoms with E-state index in [1.807, 2.05) is 53.1 Å². The second-order valence-electron chi connectivity index (χ2n) is 6.18. The van der Waals surface area contributed by atoms with Crippen LogP contribution in [0.5, 0.6) is 0 Å². The molecule has 150 valence electrons. The van der Waals surface area contributed by atoms with E-state index >= 15 is 0 Å². The first-order chi connectivity index (χ1) is 14.6. The zero-order valence-electron chi connectivity index (χ0n) is 15.5. The Labute approximate surface area is 190 Å². The van der Waals surface area contributed by atoms with Gasteiger partial charge in [0.2, 0.25) is 5.91 Å². The van der Waals surface area contributed by atoms with Gasteiger partial charge in [-0.3, -0.25) is 14.3 Å². The molecule has 1 N–H and O–H groups in total. The number of pyridine rings is 1. The van der Waals surface area contributed by atoms with Gasteiger partial charge in [-0.25, -0.2) is 0 Å². The average molecular weight is 501 g/mol. The predicted octanol–water partition coefficient (Wildman–Crippen LogP) is 5.48. The van der Waals surface area contributed by atoms with Crippen molar-refractivity contribution in [3.05, 3.63) is 82.6 Å². The van der Waals surface area contributed by atoms with Gasteiger partial charge in [-0.05, 0) is 64.5 Å². The van der Waals surface area contributed by atoms with E-state index in [4.69, 9.17) is 11.6 Å². The van der Waals surface area contributed by atoms with Crippen LogP contribution in [0.2, 0.25) is 5.02 Å². The van der Waals surface area contributed by atoms with E-state index in [-0.39, 0.29) is 11.7 Å². The normalized spacial score (nSPS) is 10.7. The maximum Gasteiger partial charge on any atom is 0.234 e. The number of nitrogens with zero attached hydrogens (tertiary/aromatic N) is 4. The van der Waals surface area contributed by atoms with Gasteiger partial charge in [0, 0.05) is 33.1 Å². The second kappa shape index (κ2) is 9.42. The summed E-state index contributed by atoms with van der Waals surface area (Å²) in [6.45, 7) is 0. The molecule has 0 aliphatic rings. The third kappa shape index (κ3) is 4.72. The molecule has 2 aromatic carbocycles. The number of halogens is 2. The Balaban J connectivity index is 1.60. The maximum atomic E-state index is 12.5. The summed E-state index contributed by atoms with van der Waals surface area (Å²) in [4.78, 5) is 16.6. The van der Waals surface area contributed by atoms with Gasteiger partial charge in [-0.2, -0.15) is 0 Å². The van der Waals surface area contributed by atoms with Gasteiger partial charge in [0.15, 0.2) is 11.0 Å². The van der Waals surface area contributed by atoms with E-state index in [2.05, 4.69) is 36.4 Å². The van der Waals surface area contributed by atoms with Crippen molar-refractivity contribution in [3.8, 4) is 17.1 Å². The number of para-hydroxylation sites is 1. The van der Waals surface area contributed by atoms with Crippen LogP contribution < -0.4 is 5.32 Å². The van der Waals surface area contributed by atoms with Crippen molar-refractivity contribution in [2.45, 2.75) is 5.16 Å². The van der Waals surface area contributed by atoms with Gasteiger partial charge in [-0.15, -0.1) is 10.2 Å². The van der Waals surface area contributed by atoms with Crippen LogP contribution in [0, 0.1) is 0 Å². The Morgan fingerprint density at radius 3 is 2.60 bits per heavy atom. The summed E-state index contributed by atoms with van der Waals surface area (Å²) in [6.07, 6.45) is 3.43. The molecule has 4 rings (SSSR count). The standard InChI is InChI=1S/C21H15BrClN5OS/c22-17-5-1-2-6-18(17)25-19(29)13-30-21-27-26-20(14-4-3-11-24-12-14)28(21)16-9-7-15(23)8-10-16/h1-12H,13H2,(H,25,29). The number of hydrogen-bond donors (Lipinski definition) is 1. The molecule has 0 unspecified atom stereocenters. The number of thioether (sulfide) groups is 1. The molecule has 1 amide bonds. The lowest BCUT2D eigenvalue weighted by molar-refractivity contribution is -0.113. The van der Waals surface area contributed by atoms with Crippen LogP contribution in [-0.4, -0.2) is 31.4 Å². The first-order valence-electron chi connectivity index (χ1n) is 8.91. The van der Waals surface area contributed by atoms with Crippen molar-refractivity contribution in [2.75, 3.05) is 11.1 Å². The minimum absolute atomic E-state index is 0.138. The fourth-order valence-electron chi connectivity index (χ4n) is 2.75. The first kappa shape index (κ1) is 20.6. The highest BCUT2D eigenvalue weighted by atomic mass is 79.9. The van der Waals surface area contributed by atoms with Crippen LogP contribution in [0.4, 0.5) is 5.69 Å². The fourth-order valence-corrected chi connectivity index (χ4v) is 4.01. The number of carbonyl (C=O) groups is 1. The first-order valence-corrected chi connectivity index (χ1v) is 11.1. The number of rotatable bonds is 6. The number of hydrogen-bond acceptors (Lipinski definition) is 5. The van der Waals surface area contributed by atoms with E-state index in [1.54, 1.807) is 24.5 Å². The molecule has 0 atom stereocenters. The quantitative estimate of drug-likeness (QED) is 0.355. The molecule has 6 nitrogen and oxygen atoms in total. The Kier molecular flexibility index (Phi) is 6.47. The van der Waals surface area contributed by atoms with E-state index < -0.39 is 0 Å². The monoisotopic (exact) mass is 499 g/mol. The van der Waals surface area contributed by atoms with Crippen molar-refractivity contribution in [3.63, 3.8) is 0 Å². The summed E-state index contributed by atoms with van der Waals surface area (Å²) in [5, 5.41) is 12.8. The fraction of sp³-hybridized carbons (Fsp3) is 0.0476. The summed E-state index contributed by atoms with van der Waals surface area (Å²) in [5.74, 6) is 0.680. The summed E-state index contributed by atoms with van der Waals surface area (Å²) < 4.78 is 2.72. The molecule has 0 fully saturated rings. The molecular formula is C21H15BrClN5OS. The third-order valence-electron chi connectivity index (χ3n) is 4.12. The van der Waals surface area contributed by atoms with Crippen LogP contribution >= 0.6 is 39.3 Å². The van der Waals surface area contributed by atoms with Gasteiger partial charge in [0.1, 0.15) is 0 Å². The number of nitrogens with one attached hydrogen (secondary N) is 1. The van der Waals surface area contributed by atoms with Crippen LogP contribution in [-0.2, 0) is 4.79 Å². The van der Waals surface area contributed by atoms with Crippen LogP contribution in [0.25, 0.3) is 17.1 Å². The number of anilines is 1. The molecule has 0 bridgehead atoms. The summed E-state index contributed by atoms with van der Waals surface area (Å²) in [5.41, 5.74) is 2.39. The number of benzene rings is 2. The number of carbonyl (C=O) groups excluding carboxylic acids is 1. The molecular weight excluding hydrogens is 486 g/mol. The maximum absolute atomic E-state index is 12.5. The number of aromatic nitrogens is 4. The van der Waals surface area contributed by atoms with E-state index in [0.717, 1.165) is 21.4 Å². The summed E-state index contributed by atoms with van der Waals surface area (Å²) >= 11 is 10.8. The number of amides is 1. The largest absolute Gasteiger partial charge is 0.324 e. The Morgan fingerprint density at radius 1 is 1.07 bits per heavy atom. The van der Waals surface area contributed by atoms with Gasteiger partial charge in [-0.1, -0.05) is 35.5 Å². The predicted molar refractivity (Wildman–Crippen MR) is 123 cm³/mol. The Hall–Kier alpha value is -2.68. The highest BCUT2D eigenvalue weighted by Gasteiger charge is 2.17. The lowest BCUT2D eigenvalue weighted by atomic mass is 10.2. The van der Waals surface area contributed by atoms with Crippen molar-refractivity contribution in [1.29, 1.82) is 0 Å². The lowest BCUT2D eigenvalue weighted by Crippen LogP contribution is -2.15. The second-order valence-corrected chi connectivity index (χ2v) is 8.41. The summed E-state index contributed by atoms with van der Waals surface area (Å²) in [7, 11) is 0. The van der Waals surface area contributed by atoms with Crippen molar-refractivity contribution >= 4 is 50.9 Å². The zero-order valence-corrected chi connectivity index (χ0v) is 18.7. The minimum Gasteiger partial charge on any atom is -0.324 e. The van der Waals surface area contributed by atoms with Crippen LogP contribution in [0.1, 0.15) is 0 Å². The molecule has 0 saturated carbocycles. The molecule has 0 aliphatic carbocycles. The molecule has 0 aliphatic heterocycles. The highest BCUT2D eigenvalue weighted by Crippen LogP contribution is 2.28. The summed E-state index contributed by atoms with van der Waals surface area (Å²) in [6, 6.07) is 18.6. The Morgan fingerprint density at radius 2 is 1.87 bits per heavy atom. The SMILES string of the molecule is O=C(CSc1nnc(-c2cccnc2)n1-c1ccc(Cl)cc1)Nc1ccccc1Br. The van der Waals surface area contributed by atoms with Crippen molar-refractivity contribution < 1.29 is 4.79 Å². The highest BCUT2D eigenvalue weighted by molar-refractivity contribution is 9.10. The van der Waals surface area contributed by atoms with E-state index in [1.165, 1.54) is 11.8 Å². The van der Waals surface area contributed by atoms with Gasteiger partial charge >= 0.3 is 0 Å². The third-order valence-corrected chi connectivity index (χ3v) is 5.99. The minimum atomic E-state index is -0.138. The van der Waals surface area contributed by atoms with Crippen molar-refractivity contribution in [1.82, 2.24) is 19.7 Å². The zero-order chi connectivity index (χ0) is 20.9. The van der Waals surface area contributed by atoms with E-state index in [9.17, 15) is 4.79 Å². The topological polar surface area (TPSA) is 72.7 Å². The van der Waals surface area contributed by atoms with E-state index in [0.29, 0.717) is 16.0 Å². The molecule has 0 spiro atoms. The molecule has 4 aromatic rings. The lowest BCUT2D eigenvalue weighted by Gasteiger charge is -2.11. The van der Waals surface area contributed by atoms with Crippen LogP contribution in [0.3, 0.4) is 0 Å². The van der Waals surface area contributed by atoms with Gasteiger partial charge in [0.05, 0.1) is 11.4 Å². The average Bonchev–Trinajstić information content (AvgIpc) is 3.19. The molecule has 30 heavy (non-hydrogen) atoms. The van der Waals surface area contributed by atoms with Gasteiger partial charge in [0.25, 0.3) is 0 Å². The molecule has 2 aromatic heterocycles. The Bertz CT molecular complexity index is 1170. The van der Waals surface area contributed by atoms with Crippen molar-refractivity contribution in [2.24, 2.45) is 0 Å². The molecule has 2 heterocycles. The molecule has 0 radical (unpaired) electrons. The van der Waals surface area contributed by atoms with Gasteiger partial charge < -0.3 is 5.32 Å². The van der Waals surface area contributed by atoms with Crippen LogP contribution in [0.15, 0.2) is 82.7 Å². The smallest absolute Gasteiger partial charge is 0.234 e. The molecule has 9 heteroatoms. The molecule has 0 saturated heterocycles.